The number of aromatic amines is 1. The molecule has 31 heavy (non-hydrogen) atoms. The van der Waals surface area contributed by atoms with E-state index in [0.717, 1.165) is 21.0 Å². The maximum Gasteiger partial charge on any atom is 0.317 e. The molecule has 0 saturated heterocycles. The molecule has 0 unspecified atom stereocenters. The molecule has 0 saturated carbocycles. The molecule has 3 aromatic heterocycles. The highest BCUT2D eigenvalue weighted by Gasteiger charge is 2.24. The largest absolute Gasteiger partial charge is 0.480 e. The minimum absolute atomic E-state index is 0.0476. The molecule has 0 bridgehead atoms. The maximum absolute atomic E-state index is 13.0. The zero-order valence-electron chi connectivity index (χ0n) is 16.8. The number of fused-ring (bicyclic) bond motifs is 1. The van der Waals surface area contributed by atoms with E-state index in [4.69, 9.17) is 5.11 Å². The van der Waals surface area contributed by atoms with Gasteiger partial charge >= 0.3 is 5.97 Å². The van der Waals surface area contributed by atoms with Crippen molar-refractivity contribution in [2.24, 2.45) is 0 Å². The number of sulfonamides is 1. The number of hydrogen-bond donors (Lipinski definition) is 2. The number of nitrogens with zero attached hydrogens (tertiary/aromatic N) is 3. The molecule has 0 amide bonds. The molecule has 0 aliphatic carbocycles. The molecule has 4 aromatic rings. The van der Waals surface area contributed by atoms with Crippen LogP contribution in [0.5, 0.6) is 0 Å². The Bertz CT molecular complexity index is 1330. The average Bonchev–Trinajstić information content (AvgIpc) is 3.45. The van der Waals surface area contributed by atoms with Gasteiger partial charge in [-0.15, -0.1) is 22.7 Å². The van der Waals surface area contributed by atoms with Crippen molar-refractivity contribution in [2.75, 3.05) is 24.9 Å². The number of likely N-dealkylation sites (N-methyl/N-ethyl adjacent to an activating group) is 1. The summed E-state index contributed by atoms with van der Waals surface area (Å²) in [6.45, 7) is 0.436. The molecule has 0 atom stereocenters. The van der Waals surface area contributed by atoms with Crippen LogP contribution in [0.2, 0.25) is 0 Å². The number of para-hydroxylation sites is 1. The number of rotatable bonds is 8. The number of anilines is 1. The smallest absolute Gasteiger partial charge is 0.317 e. The first kappa shape index (κ1) is 21.5. The first-order valence-electron chi connectivity index (χ1n) is 9.25. The summed E-state index contributed by atoms with van der Waals surface area (Å²) in [5.74, 6) is -0.878. The second-order valence-corrected chi connectivity index (χ2v) is 11.3. The minimum Gasteiger partial charge on any atom is -0.480 e. The number of nitrogens with one attached hydrogen (secondary N) is 1. The van der Waals surface area contributed by atoms with Crippen LogP contribution >= 0.6 is 22.7 Å². The summed E-state index contributed by atoms with van der Waals surface area (Å²) >= 11 is 2.65. The number of carboxylic acids is 1. The molecule has 8 nitrogen and oxygen atoms in total. The molecule has 0 aliphatic rings. The van der Waals surface area contributed by atoms with Gasteiger partial charge in [-0.3, -0.25) is 14.0 Å². The number of aliphatic carboxylic acids is 1. The van der Waals surface area contributed by atoms with Gasteiger partial charge in [0, 0.05) is 30.1 Å². The first-order chi connectivity index (χ1) is 14.8. The fourth-order valence-corrected chi connectivity index (χ4v) is 6.58. The Labute approximate surface area is 187 Å². The lowest BCUT2D eigenvalue weighted by molar-refractivity contribution is -0.138. The van der Waals surface area contributed by atoms with Crippen LogP contribution in [0.4, 0.5) is 5.69 Å². The SMILES string of the molecule is CN(CC(=O)O)Cc1cnc(-c2cc3cccc(N(C)S(=O)(=O)c4cccs4)c3[nH]2)s1. The molecular formula is C20H20N4O4S3. The molecule has 162 valence electrons. The zero-order valence-corrected chi connectivity index (χ0v) is 19.2. The highest BCUT2D eigenvalue weighted by molar-refractivity contribution is 7.94. The molecule has 0 radical (unpaired) electrons. The molecule has 3 heterocycles. The second kappa shape index (κ2) is 8.42. The van der Waals surface area contributed by atoms with E-state index >= 15 is 0 Å². The molecule has 0 spiro atoms. The standard InChI is InChI=1S/C20H20N4O4S3/c1-23(12-17(25)26)11-14-10-21-20(30-14)15-9-13-5-3-6-16(19(13)22-15)24(2)31(27,28)18-7-4-8-29-18/h3-10,22H,11-12H2,1-2H3,(H,25,26). The zero-order chi connectivity index (χ0) is 22.2. The van der Waals surface area contributed by atoms with E-state index in [1.807, 2.05) is 18.2 Å². The summed E-state index contributed by atoms with van der Waals surface area (Å²) in [5, 5.41) is 12.3. The predicted molar refractivity (Wildman–Crippen MR) is 123 cm³/mol. The van der Waals surface area contributed by atoms with Crippen molar-refractivity contribution in [3.05, 3.63) is 52.9 Å². The second-order valence-electron chi connectivity index (χ2n) is 7.03. The third-order valence-electron chi connectivity index (χ3n) is 4.70. The van der Waals surface area contributed by atoms with Crippen molar-refractivity contribution >= 4 is 55.3 Å². The minimum atomic E-state index is -3.65. The Morgan fingerprint density at radius 1 is 1.23 bits per heavy atom. The van der Waals surface area contributed by atoms with Gasteiger partial charge in [-0.25, -0.2) is 13.4 Å². The van der Waals surface area contributed by atoms with Gasteiger partial charge in [-0.1, -0.05) is 18.2 Å². The van der Waals surface area contributed by atoms with Crippen LogP contribution in [0, 0.1) is 0 Å². The highest BCUT2D eigenvalue weighted by Crippen LogP contribution is 2.34. The van der Waals surface area contributed by atoms with Crippen molar-refractivity contribution in [3.63, 3.8) is 0 Å². The summed E-state index contributed by atoms with van der Waals surface area (Å²) in [4.78, 5) is 21.3. The van der Waals surface area contributed by atoms with Gasteiger partial charge in [-0.2, -0.15) is 0 Å². The molecule has 0 fully saturated rings. The molecular weight excluding hydrogens is 456 g/mol. The highest BCUT2D eigenvalue weighted by atomic mass is 32.2. The van der Waals surface area contributed by atoms with Crippen LogP contribution in [-0.4, -0.2) is 55.0 Å². The Morgan fingerprint density at radius 3 is 2.74 bits per heavy atom. The lowest BCUT2D eigenvalue weighted by Gasteiger charge is -2.19. The van der Waals surface area contributed by atoms with Crippen molar-refractivity contribution in [3.8, 4) is 10.7 Å². The molecule has 1 aromatic carbocycles. The lowest BCUT2D eigenvalue weighted by atomic mass is 10.2. The number of carbonyl (C=O) groups is 1. The molecule has 0 aliphatic heterocycles. The van der Waals surface area contributed by atoms with Gasteiger partial charge in [0.05, 0.1) is 23.4 Å². The van der Waals surface area contributed by atoms with Crippen LogP contribution < -0.4 is 4.31 Å². The van der Waals surface area contributed by atoms with Gasteiger partial charge in [0.2, 0.25) is 0 Å². The normalized spacial score (nSPS) is 12.0. The number of carboxylic acid groups (broad SMARTS) is 1. The van der Waals surface area contributed by atoms with E-state index in [2.05, 4.69) is 9.97 Å². The fraction of sp³-hybridized carbons (Fsp3) is 0.200. The fourth-order valence-electron chi connectivity index (χ4n) is 3.25. The van der Waals surface area contributed by atoms with E-state index in [9.17, 15) is 13.2 Å². The van der Waals surface area contributed by atoms with Crippen LogP contribution in [-0.2, 0) is 21.4 Å². The van der Waals surface area contributed by atoms with Gasteiger partial charge in [0.15, 0.2) is 0 Å². The van der Waals surface area contributed by atoms with Crippen LogP contribution in [0.3, 0.4) is 0 Å². The summed E-state index contributed by atoms with van der Waals surface area (Å²) in [7, 11) is -0.361. The number of benzene rings is 1. The van der Waals surface area contributed by atoms with Gasteiger partial charge < -0.3 is 10.1 Å². The van der Waals surface area contributed by atoms with Crippen LogP contribution in [0.1, 0.15) is 4.88 Å². The summed E-state index contributed by atoms with van der Waals surface area (Å²) in [6.07, 6.45) is 1.73. The Balaban J connectivity index is 1.65. The van der Waals surface area contributed by atoms with Gasteiger partial charge in [0.1, 0.15) is 9.22 Å². The third kappa shape index (κ3) is 4.35. The number of thiazole rings is 1. The van der Waals surface area contributed by atoms with E-state index in [-0.39, 0.29) is 10.8 Å². The monoisotopic (exact) mass is 476 g/mol. The van der Waals surface area contributed by atoms with Gasteiger partial charge in [-0.05, 0) is 30.6 Å². The van der Waals surface area contributed by atoms with E-state index in [0.29, 0.717) is 17.7 Å². The number of thiophene rings is 1. The molecule has 4 rings (SSSR count). The summed E-state index contributed by atoms with van der Waals surface area (Å²) < 4.78 is 27.5. The number of hydrogen-bond acceptors (Lipinski definition) is 7. The average molecular weight is 477 g/mol. The maximum atomic E-state index is 13.0. The van der Waals surface area contributed by atoms with E-state index in [1.165, 1.54) is 27.0 Å². The summed E-state index contributed by atoms with van der Waals surface area (Å²) in [5.41, 5.74) is 2.04. The van der Waals surface area contributed by atoms with Crippen LogP contribution in [0.25, 0.3) is 21.6 Å². The van der Waals surface area contributed by atoms with E-state index in [1.54, 1.807) is 48.8 Å². The number of aromatic nitrogens is 2. The molecule has 2 N–H and O–H groups in total. The third-order valence-corrected chi connectivity index (χ3v) is 8.86. The Hall–Kier alpha value is -2.73. The van der Waals surface area contributed by atoms with Gasteiger partial charge in [0.25, 0.3) is 10.0 Å². The van der Waals surface area contributed by atoms with Crippen molar-refractivity contribution in [1.29, 1.82) is 0 Å². The van der Waals surface area contributed by atoms with Crippen LogP contribution in [0.15, 0.2) is 52.2 Å². The quantitative estimate of drug-likeness (QED) is 0.402. The summed E-state index contributed by atoms with van der Waals surface area (Å²) in [6, 6.07) is 10.8. The Morgan fingerprint density at radius 2 is 2.03 bits per heavy atom. The van der Waals surface area contributed by atoms with Crippen molar-refractivity contribution in [1.82, 2.24) is 14.9 Å². The Kier molecular flexibility index (Phi) is 5.84. The predicted octanol–water partition coefficient (Wildman–Crippen LogP) is 3.69. The topological polar surface area (TPSA) is 107 Å². The number of H-pyrrole nitrogens is 1. The lowest BCUT2D eigenvalue weighted by Crippen LogP contribution is -2.26. The first-order valence-corrected chi connectivity index (χ1v) is 12.4. The van der Waals surface area contributed by atoms with Crippen molar-refractivity contribution < 1.29 is 18.3 Å². The molecule has 11 heteroatoms. The van der Waals surface area contributed by atoms with E-state index < -0.39 is 16.0 Å². The van der Waals surface area contributed by atoms with Crippen molar-refractivity contribution in [2.45, 2.75) is 10.8 Å².